The molecule has 112 valence electrons. The number of rotatable bonds is 6. The number of aromatic nitrogens is 3. The van der Waals surface area contributed by atoms with Gasteiger partial charge in [0.2, 0.25) is 5.95 Å². The molecule has 0 aliphatic carbocycles. The molecule has 1 aromatic heterocycles. The predicted molar refractivity (Wildman–Crippen MR) is 77.4 cm³/mol. The topological polar surface area (TPSA) is 62.7 Å². The molecule has 0 radical (unpaired) electrons. The Morgan fingerprint density at radius 2 is 2.00 bits per heavy atom. The molecule has 0 saturated heterocycles. The van der Waals surface area contributed by atoms with E-state index in [0.29, 0.717) is 17.4 Å². The predicted octanol–water partition coefficient (Wildman–Crippen LogP) is 3.35. The Morgan fingerprint density at radius 3 is 2.71 bits per heavy atom. The lowest BCUT2D eigenvalue weighted by Gasteiger charge is -2.09. The van der Waals surface area contributed by atoms with Crippen LogP contribution in [-0.2, 0) is 0 Å². The van der Waals surface area contributed by atoms with Crippen LogP contribution in [0.2, 0.25) is 0 Å². The highest BCUT2D eigenvalue weighted by Gasteiger charge is 2.05. The molecule has 0 amide bonds. The number of halogens is 2. The second-order valence-corrected chi connectivity index (χ2v) is 5.03. The van der Waals surface area contributed by atoms with Crippen molar-refractivity contribution in [2.45, 2.75) is 20.3 Å². The standard InChI is InChI=1S/C14H17F2N5/c1-9(2)5-6-17-13-8-18-21-14(20-13)19-10-3-4-11(15)12(16)7-10/h3-4,7-9H,5-6H2,1-2H3,(H2,17,19,20,21). The van der Waals surface area contributed by atoms with E-state index in [1.165, 1.54) is 12.3 Å². The van der Waals surface area contributed by atoms with Crippen LogP contribution >= 0.6 is 0 Å². The van der Waals surface area contributed by atoms with E-state index in [0.717, 1.165) is 25.1 Å². The van der Waals surface area contributed by atoms with Gasteiger partial charge in [-0.15, -0.1) is 5.10 Å². The molecule has 7 heteroatoms. The van der Waals surface area contributed by atoms with Crippen LogP contribution in [0.3, 0.4) is 0 Å². The van der Waals surface area contributed by atoms with E-state index in [1.807, 2.05) is 0 Å². The van der Waals surface area contributed by atoms with Gasteiger partial charge in [-0.05, 0) is 24.5 Å². The Balaban J connectivity index is 2.01. The van der Waals surface area contributed by atoms with Gasteiger partial charge in [0.05, 0.1) is 6.20 Å². The van der Waals surface area contributed by atoms with Crippen LogP contribution in [-0.4, -0.2) is 21.7 Å². The largest absolute Gasteiger partial charge is 0.369 e. The normalized spacial score (nSPS) is 10.7. The Kier molecular flexibility index (Phi) is 4.97. The van der Waals surface area contributed by atoms with Gasteiger partial charge in [-0.3, -0.25) is 0 Å². The molecule has 0 spiro atoms. The van der Waals surface area contributed by atoms with Gasteiger partial charge >= 0.3 is 0 Å². The fourth-order valence-corrected chi connectivity index (χ4v) is 1.63. The van der Waals surface area contributed by atoms with Crippen LogP contribution in [0, 0.1) is 17.6 Å². The number of anilines is 3. The average molecular weight is 293 g/mol. The molecular formula is C14H17F2N5. The van der Waals surface area contributed by atoms with E-state index in [-0.39, 0.29) is 5.95 Å². The lowest BCUT2D eigenvalue weighted by atomic mass is 10.1. The highest BCUT2D eigenvalue weighted by molar-refractivity contribution is 5.54. The molecule has 2 rings (SSSR count). The molecule has 0 atom stereocenters. The maximum atomic E-state index is 13.1. The van der Waals surface area contributed by atoms with Gasteiger partial charge < -0.3 is 10.6 Å². The molecule has 0 bridgehead atoms. The molecule has 21 heavy (non-hydrogen) atoms. The van der Waals surface area contributed by atoms with E-state index in [2.05, 4.69) is 39.7 Å². The van der Waals surface area contributed by atoms with Crippen LogP contribution in [0.1, 0.15) is 20.3 Å². The average Bonchev–Trinajstić information content (AvgIpc) is 2.43. The van der Waals surface area contributed by atoms with Crippen molar-refractivity contribution in [1.82, 2.24) is 15.2 Å². The number of hydrogen-bond donors (Lipinski definition) is 2. The molecule has 0 fully saturated rings. The van der Waals surface area contributed by atoms with Crippen LogP contribution in [0.5, 0.6) is 0 Å². The van der Waals surface area contributed by atoms with Crippen molar-refractivity contribution < 1.29 is 8.78 Å². The second-order valence-electron chi connectivity index (χ2n) is 5.03. The maximum Gasteiger partial charge on any atom is 0.249 e. The summed E-state index contributed by atoms with van der Waals surface area (Å²) in [5.41, 5.74) is 0.357. The quantitative estimate of drug-likeness (QED) is 0.855. The monoisotopic (exact) mass is 293 g/mol. The number of hydrogen-bond acceptors (Lipinski definition) is 5. The maximum absolute atomic E-state index is 13.1. The minimum absolute atomic E-state index is 0.218. The van der Waals surface area contributed by atoms with Crippen molar-refractivity contribution >= 4 is 17.5 Å². The SMILES string of the molecule is CC(C)CCNc1cnnc(Nc2ccc(F)c(F)c2)n1. The lowest BCUT2D eigenvalue weighted by molar-refractivity contribution is 0.509. The molecule has 1 aromatic carbocycles. The van der Waals surface area contributed by atoms with Crippen LogP contribution in [0.25, 0.3) is 0 Å². The first-order valence-corrected chi connectivity index (χ1v) is 6.70. The number of benzene rings is 1. The summed E-state index contributed by atoms with van der Waals surface area (Å²) in [5.74, 6) is -0.443. The fourth-order valence-electron chi connectivity index (χ4n) is 1.63. The third kappa shape index (κ3) is 4.62. The Bertz CT molecular complexity index is 604. The Morgan fingerprint density at radius 1 is 1.19 bits per heavy atom. The minimum atomic E-state index is -0.931. The number of nitrogens with zero attached hydrogens (tertiary/aromatic N) is 3. The van der Waals surface area contributed by atoms with Crippen molar-refractivity contribution in [3.8, 4) is 0 Å². The molecular weight excluding hydrogens is 276 g/mol. The lowest BCUT2D eigenvalue weighted by Crippen LogP contribution is -2.08. The summed E-state index contributed by atoms with van der Waals surface area (Å²) in [6, 6.07) is 3.48. The molecule has 0 unspecified atom stereocenters. The van der Waals surface area contributed by atoms with Gasteiger partial charge in [-0.2, -0.15) is 10.1 Å². The zero-order chi connectivity index (χ0) is 15.2. The van der Waals surface area contributed by atoms with E-state index in [1.54, 1.807) is 0 Å². The van der Waals surface area contributed by atoms with Gasteiger partial charge in [-0.25, -0.2) is 8.78 Å². The third-order valence-corrected chi connectivity index (χ3v) is 2.76. The van der Waals surface area contributed by atoms with Crippen molar-refractivity contribution in [3.05, 3.63) is 36.0 Å². The summed E-state index contributed by atoms with van der Waals surface area (Å²) in [6.07, 6.45) is 2.52. The highest BCUT2D eigenvalue weighted by atomic mass is 19.2. The minimum Gasteiger partial charge on any atom is -0.369 e. The van der Waals surface area contributed by atoms with Crippen molar-refractivity contribution in [1.29, 1.82) is 0 Å². The third-order valence-electron chi connectivity index (χ3n) is 2.76. The summed E-state index contributed by atoms with van der Waals surface area (Å²) in [6.45, 7) is 5.05. The Hall–Kier alpha value is -2.31. The first-order chi connectivity index (χ1) is 10.0. The zero-order valence-electron chi connectivity index (χ0n) is 11.9. The summed E-state index contributed by atoms with van der Waals surface area (Å²) in [4.78, 5) is 4.20. The van der Waals surface area contributed by atoms with Crippen molar-refractivity contribution in [3.63, 3.8) is 0 Å². The fraction of sp³-hybridized carbons (Fsp3) is 0.357. The first-order valence-electron chi connectivity index (χ1n) is 6.70. The van der Waals surface area contributed by atoms with Gasteiger partial charge in [0.25, 0.3) is 0 Å². The molecule has 0 saturated carbocycles. The summed E-state index contributed by atoms with van der Waals surface area (Å²) in [5, 5.41) is 13.5. The van der Waals surface area contributed by atoms with Crippen LogP contribution < -0.4 is 10.6 Å². The number of nitrogens with one attached hydrogen (secondary N) is 2. The molecule has 0 aliphatic heterocycles. The van der Waals surface area contributed by atoms with E-state index in [4.69, 9.17) is 0 Å². The van der Waals surface area contributed by atoms with Gasteiger partial charge in [0, 0.05) is 18.3 Å². The molecule has 5 nitrogen and oxygen atoms in total. The molecule has 2 aromatic rings. The van der Waals surface area contributed by atoms with E-state index in [9.17, 15) is 8.78 Å². The van der Waals surface area contributed by atoms with Crippen molar-refractivity contribution in [2.75, 3.05) is 17.2 Å². The summed E-state index contributed by atoms with van der Waals surface area (Å²) in [7, 11) is 0. The summed E-state index contributed by atoms with van der Waals surface area (Å²) >= 11 is 0. The Labute approximate surface area is 121 Å². The smallest absolute Gasteiger partial charge is 0.249 e. The molecule has 1 heterocycles. The van der Waals surface area contributed by atoms with Crippen molar-refractivity contribution in [2.24, 2.45) is 5.92 Å². The second kappa shape index (κ2) is 6.92. The molecule has 0 aliphatic rings. The van der Waals surface area contributed by atoms with E-state index >= 15 is 0 Å². The molecule has 2 N–H and O–H groups in total. The first kappa shape index (κ1) is 15.1. The van der Waals surface area contributed by atoms with Gasteiger partial charge in [0.1, 0.15) is 0 Å². The van der Waals surface area contributed by atoms with Crippen LogP contribution in [0.4, 0.5) is 26.2 Å². The van der Waals surface area contributed by atoms with Gasteiger partial charge in [0.15, 0.2) is 17.5 Å². The summed E-state index contributed by atoms with van der Waals surface area (Å²) < 4.78 is 26.0. The van der Waals surface area contributed by atoms with E-state index < -0.39 is 11.6 Å². The highest BCUT2D eigenvalue weighted by Crippen LogP contribution is 2.16. The zero-order valence-corrected chi connectivity index (χ0v) is 11.9. The van der Waals surface area contributed by atoms with Gasteiger partial charge in [-0.1, -0.05) is 13.8 Å². The van der Waals surface area contributed by atoms with Crippen LogP contribution in [0.15, 0.2) is 24.4 Å².